The molecule has 0 atom stereocenters. The van der Waals surface area contributed by atoms with Crippen molar-refractivity contribution < 1.29 is 4.92 Å². The van der Waals surface area contributed by atoms with Gasteiger partial charge in [0.25, 0.3) is 5.69 Å². The molecular formula is C14H11Cl3N2O2. The van der Waals surface area contributed by atoms with Gasteiger partial charge in [0.1, 0.15) is 5.69 Å². The largest absolute Gasteiger partial charge is 0.379 e. The van der Waals surface area contributed by atoms with E-state index in [0.29, 0.717) is 33.7 Å². The summed E-state index contributed by atoms with van der Waals surface area (Å²) >= 11 is 17.8. The summed E-state index contributed by atoms with van der Waals surface area (Å²) in [6, 6.07) is 9.65. The number of nitro benzene ring substituents is 1. The second-order valence-electron chi connectivity index (χ2n) is 4.33. The van der Waals surface area contributed by atoms with Crippen LogP contribution in [0.1, 0.15) is 5.56 Å². The number of hydrogen-bond acceptors (Lipinski definition) is 3. The van der Waals surface area contributed by atoms with Crippen molar-refractivity contribution in [3.8, 4) is 0 Å². The Morgan fingerprint density at radius 1 is 1.05 bits per heavy atom. The highest BCUT2D eigenvalue weighted by Gasteiger charge is 2.13. The van der Waals surface area contributed by atoms with E-state index in [1.165, 1.54) is 18.2 Å². The molecule has 2 aromatic carbocycles. The van der Waals surface area contributed by atoms with Crippen LogP contribution in [-0.2, 0) is 6.42 Å². The molecule has 0 spiro atoms. The van der Waals surface area contributed by atoms with Crippen molar-refractivity contribution >= 4 is 46.2 Å². The third-order valence-corrected chi connectivity index (χ3v) is 3.70. The van der Waals surface area contributed by atoms with Gasteiger partial charge in [-0.15, -0.1) is 0 Å². The highest BCUT2D eigenvalue weighted by atomic mass is 35.5. The number of anilines is 1. The lowest BCUT2D eigenvalue weighted by molar-refractivity contribution is -0.384. The number of hydrogen-bond donors (Lipinski definition) is 1. The standard InChI is InChI=1S/C14H11Cl3N2O2/c15-10-2-1-9(12(17)7-10)5-6-18-13-8-11(16)3-4-14(13)19(20)21/h1-4,7-8,18H,5-6H2. The van der Waals surface area contributed by atoms with E-state index in [1.54, 1.807) is 12.1 Å². The van der Waals surface area contributed by atoms with E-state index >= 15 is 0 Å². The Balaban J connectivity index is 2.06. The number of nitro groups is 1. The molecule has 0 unspecified atom stereocenters. The van der Waals surface area contributed by atoms with Gasteiger partial charge < -0.3 is 5.32 Å². The molecule has 7 heteroatoms. The predicted molar refractivity (Wildman–Crippen MR) is 86.8 cm³/mol. The first-order valence-electron chi connectivity index (χ1n) is 6.09. The van der Waals surface area contributed by atoms with Gasteiger partial charge in [0.2, 0.25) is 0 Å². The molecule has 0 fully saturated rings. The lowest BCUT2D eigenvalue weighted by Crippen LogP contribution is -2.07. The van der Waals surface area contributed by atoms with Crippen molar-refractivity contribution in [3.63, 3.8) is 0 Å². The predicted octanol–water partition coefficient (Wildman–Crippen LogP) is 5.21. The number of halogens is 3. The van der Waals surface area contributed by atoms with Gasteiger partial charge >= 0.3 is 0 Å². The lowest BCUT2D eigenvalue weighted by Gasteiger charge is -2.09. The zero-order valence-corrected chi connectivity index (χ0v) is 13.0. The number of benzene rings is 2. The molecule has 2 rings (SSSR count). The second-order valence-corrected chi connectivity index (χ2v) is 5.61. The zero-order chi connectivity index (χ0) is 15.4. The molecule has 0 saturated heterocycles. The van der Waals surface area contributed by atoms with Crippen LogP contribution in [0, 0.1) is 10.1 Å². The van der Waals surface area contributed by atoms with Crippen molar-refractivity contribution in [1.29, 1.82) is 0 Å². The maximum absolute atomic E-state index is 10.9. The van der Waals surface area contributed by atoms with Crippen molar-refractivity contribution in [2.45, 2.75) is 6.42 Å². The van der Waals surface area contributed by atoms with E-state index in [0.717, 1.165) is 5.56 Å². The second kappa shape index (κ2) is 6.98. The minimum atomic E-state index is -0.450. The summed E-state index contributed by atoms with van der Waals surface area (Å²) in [6.07, 6.45) is 0.611. The summed E-state index contributed by atoms with van der Waals surface area (Å²) in [7, 11) is 0. The summed E-state index contributed by atoms with van der Waals surface area (Å²) in [5.41, 5.74) is 1.29. The molecule has 2 aromatic rings. The van der Waals surface area contributed by atoms with Crippen LogP contribution < -0.4 is 5.32 Å². The van der Waals surface area contributed by atoms with E-state index in [-0.39, 0.29) is 5.69 Å². The maximum Gasteiger partial charge on any atom is 0.292 e. The summed E-state index contributed by atoms with van der Waals surface area (Å²) in [5, 5.41) is 15.5. The topological polar surface area (TPSA) is 55.2 Å². The van der Waals surface area contributed by atoms with Gasteiger partial charge in [0.15, 0.2) is 0 Å². The van der Waals surface area contributed by atoms with Crippen molar-refractivity contribution in [1.82, 2.24) is 0 Å². The fourth-order valence-corrected chi connectivity index (χ4v) is 2.54. The van der Waals surface area contributed by atoms with Gasteiger partial charge in [-0.25, -0.2) is 0 Å². The Labute approximate surface area is 136 Å². The fourth-order valence-electron chi connectivity index (χ4n) is 1.87. The van der Waals surface area contributed by atoms with E-state index < -0.39 is 4.92 Å². The molecule has 0 aliphatic rings. The van der Waals surface area contributed by atoms with Crippen LogP contribution in [0.25, 0.3) is 0 Å². The SMILES string of the molecule is O=[N+]([O-])c1ccc(Cl)cc1NCCc1ccc(Cl)cc1Cl. The van der Waals surface area contributed by atoms with Crippen molar-refractivity contribution in [3.05, 3.63) is 67.1 Å². The molecule has 4 nitrogen and oxygen atoms in total. The zero-order valence-electron chi connectivity index (χ0n) is 10.8. The maximum atomic E-state index is 10.9. The van der Waals surface area contributed by atoms with Crippen molar-refractivity contribution in [2.75, 3.05) is 11.9 Å². The van der Waals surface area contributed by atoms with Crippen LogP contribution in [0.15, 0.2) is 36.4 Å². The minimum absolute atomic E-state index is 0.0124. The monoisotopic (exact) mass is 344 g/mol. The van der Waals surface area contributed by atoms with Gasteiger partial charge in [-0.05, 0) is 36.2 Å². The molecular weight excluding hydrogens is 335 g/mol. The van der Waals surface area contributed by atoms with E-state index in [4.69, 9.17) is 34.8 Å². The summed E-state index contributed by atoms with van der Waals surface area (Å²) in [5.74, 6) is 0. The molecule has 0 aromatic heterocycles. The molecule has 0 heterocycles. The lowest BCUT2D eigenvalue weighted by atomic mass is 10.1. The molecule has 21 heavy (non-hydrogen) atoms. The van der Waals surface area contributed by atoms with E-state index in [9.17, 15) is 10.1 Å². The Bertz CT molecular complexity index is 677. The van der Waals surface area contributed by atoms with Crippen LogP contribution in [0.2, 0.25) is 15.1 Å². The number of nitrogens with zero attached hydrogens (tertiary/aromatic N) is 1. The van der Waals surface area contributed by atoms with Crippen LogP contribution in [0.5, 0.6) is 0 Å². The first-order chi connectivity index (χ1) is 9.97. The number of nitrogens with one attached hydrogen (secondary N) is 1. The third kappa shape index (κ3) is 4.24. The summed E-state index contributed by atoms with van der Waals surface area (Å²) in [6.45, 7) is 0.489. The molecule has 1 N–H and O–H groups in total. The Hall–Kier alpha value is -1.49. The highest BCUT2D eigenvalue weighted by Crippen LogP contribution is 2.28. The van der Waals surface area contributed by atoms with Gasteiger partial charge in [-0.1, -0.05) is 40.9 Å². The molecule has 0 aliphatic carbocycles. The van der Waals surface area contributed by atoms with Gasteiger partial charge in [-0.3, -0.25) is 10.1 Å². The van der Waals surface area contributed by atoms with Crippen LogP contribution in [-0.4, -0.2) is 11.5 Å². The molecule has 0 amide bonds. The minimum Gasteiger partial charge on any atom is -0.379 e. The Morgan fingerprint density at radius 3 is 2.38 bits per heavy atom. The Morgan fingerprint density at radius 2 is 1.71 bits per heavy atom. The van der Waals surface area contributed by atoms with E-state index in [2.05, 4.69) is 5.32 Å². The molecule has 0 saturated carbocycles. The first kappa shape index (κ1) is 15.9. The highest BCUT2D eigenvalue weighted by molar-refractivity contribution is 6.35. The van der Waals surface area contributed by atoms with Crippen molar-refractivity contribution in [2.24, 2.45) is 0 Å². The van der Waals surface area contributed by atoms with Gasteiger partial charge in [-0.2, -0.15) is 0 Å². The molecule has 110 valence electrons. The smallest absolute Gasteiger partial charge is 0.292 e. The summed E-state index contributed by atoms with van der Waals surface area (Å²) in [4.78, 5) is 10.5. The number of rotatable bonds is 5. The van der Waals surface area contributed by atoms with Crippen LogP contribution in [0.3, 0.4) is 0 Å². The van der Waals surface area contributed by atoms with Crippen LogP contribution >= 0.6 is 34.8 Å². The van der Waals surface area contributed by atoms with Gasteiger partial charge in [0, 0.05) is 27.7 Å². The normalized spacial score (nSPS) is 10.4. The van der Waals surface area contributed by atoms with E-state index in [1.807, 2.05) is 6.07 Å². The Kier molecular flexibility index (Phi) is 5.28. The third-order valence-electron chi connectivity index (χ3n) is 2.88. The molecule has 0 bridgehead atoms. The average Bonchev–Trinajstić information content (AvgIpc) is 2.41. The first-order valence-corrected chi connectivity index (χ1v) is 7.22. The fraction of sp³-hybridized carbons (Fsp3) is 0.143. The average molecular weight is 346 g/mol. The molecule has 0 radical (unpaired) electrons. The van der Waals surface area contributed by atoms with Crippen LogP contribution in [0.4, 0.5) is 11.4 Å². The molecule has 0 aliphatic heterocycles. The van der Waals surface area contributed by atoms with Gasteiger partial charge in [0.05, 0.1) is 4.92 Å². The quantitative estimate of drug-likeness (QED) is 0.598. The summed E-state index contributed by atoms with van der Waals surface area (Å²) < 4.78 is 0.